The number of hydrogen-bond donors (Lipinski definition) is 1. The molecule has 0 amide bonds. The Hall–Kier alpha value is -0.870. The Balaban J connectivity index is 1.67. The van der Waals surface area contributed by atoms with Crippen LogP contribution in [-0.2, 0) is 6.54 Å². The molecule has 1 aliphatic carbocycles. The standard InChI is InChI=1S/C13H21N3O/c1-2-4-11(3-1)13-12(15-10-17-13)9-16-7-5-14-6-8-16/h10-11,14H,1-9H2. The van der Waals surface area contributed by atoms with Crippen molar-refractivity contribution in [3.8, 4) is 0 Å². The Morgan fingerprint density at radius 1 is 1.29 bits per heavy atom. The van der Waals surface area contributed by atoms with Gasteiger partial charge in [-0.2, -0.15) is 0 Å². The third-order valence-corrected chi connectivity index (χ3v) is 3.98. The zero-order valence-electron chi connectivity index (χ0n) is 10.3. The highest BCUT2D eigenvalue weighted by molar-refractivity contribution is 5.14. The Morgan fingerprint density at radius 3 is 2.82 bits per heavy atom. The monoisotopic (exact) mass is 235 g/mol. The Labute approximate surface area is 102 Å². The molecule has 94 valence electrons. The Bertz CT molecular complexity index is 351. The summed E-state index contributed by atoms with van der Waals surface area (Å²) >= 11 is 0. The predicted octanol–water partition coefficient (Wildman–Crippen LogP) is 1.74. The van der Waals surface area contributed by atoms with Crippen LogP contribution in [0.15, 0.2) is 10.8 Å². The molecule has 4 heteroatoms. The van der Waals surface area contributed by atoms with Crippen molar-refractivity contribution in [2.45, 2.75) is 38.1 Å². The molecule has 1 aromatic rings. The SMILES string of the molecule is c1nc(CN2CCNCC2)c(C2CCCC2)o1. The van der Waals surface area contributed by atoms with E-state index in [9.17, 15) is 0 Å². The number of nitrogens with one attached hydrogen (secondary N) is 1. The van der Waals surface area contributed by atoms with Gasteiger partial charge >= 0.3 is 0 Å². The van der Waals surface area contributed by atoms with Crippen molar-refractivity contribution < 1.29 is 4.42 Å². The van der Waals surface area contributed by atoms with Gasteiger partial charge in [-0.15, -0.1) is 0 Å². The van der Waals surface area contributed by atoms with E-state index in [-0.39, 0.29) is 0 Å². The van der Waals surface area contributed by atoms with E-state index in [1.807, 2.05) is 0 Å². The number of rotatable bonds is 3. The summed E-state index contributed by atoms with van der Waals surface area (Å²) in [5, 5.41) is 3.38. The van der Waals surface area contributed by atoms with Gasteiger partial charge in [-0.25, -0.2) is 4.98 Å². The van der Waals surface area contributed by atoms with Crippen LogP contribution in [-0.4, -0.2) is 36.1 Å². The van der Waals surface area contributed by atoms with Gasteiger partial charge in [0.2, 0.25) is 0 Å². The second-order valence-electron chi connectivity index (χ2n) is 5.17. The molecule has 3 rings (SSSR count). The molecule has 1 N–H and O–H groups in total. The van der Waals surface area contributed by atoms with Crippen LogP contribution in [0.4, 0.5) is 0 Å². The molecule has 2 heterocycles. The summed E-state index contributed by atoms with van der Waals surface area (Å²) in [5.74, 6) is 1.80. The number of nitrogens with zero attached hydrogens (tertiary/aromatic N) is 2. The van der Waals surface area contributed by atoms with Crippen molar-refractivity contribution in [1.82, 2.24) is 15.2 Å². The topological polar surface area (TPSA) is 41.3 Å². The van der Waals surface area contributed by atoms with Crippen molar-refractivity contribution in [2.75, 3.05) is 26.2 Å². The van der Waals surface area contributed by atoms with Gasteiger partial charge in [0.15, 0.2) is 6.39 Å². The normalized spacial score (nSPS) is 23.3. The van der Waals surface area contributed by atoms with Gasteiger partial charge in [0.05, 0.1) is 5.69 Å². The van der Waals surface area contributed by atoms with Crippen LogP contribution in [0.25, 0.3) is 0 Å². The molecule has 1 aliphatic heterocycles. The van der Waals surface area contributed by atoms with Crippen molar-refractivity contribution in [2.24, 2.45) is 0 Å². The van der Waals surface area contributed by atoms with E-state index in [2.05, 4.69) is 15.2 Å². The lowest BCUT2D eigenvalue weighted by molar-refractivity contribution is 0.229. The van der Waals surface area contributed by atoms with Crippen LogP contribution >= 0.6 is 0 Å². The lowest BCUT2D eigenvalue weighted by Gasteiger charge is -2.26. The van der Waals surface area contributed by atoms with Crippen molar-refractivity contribution in [3.05, 3.63) is 17.8 Å². The average molecular weight is 235 g/mol. The quantitative estimate of drug-likeness (QED) is 0.866. The first-order valence-electron chi connectivity index (χ1n) is 6.79. The third kappa shape index (κ3) is 2.53. The van der Waals surface area contributed by atoms with Gasteiger partial charge in [-0.1, -0.05) is 12.8 Å². The van der Waals surface area contributed by atoms with Gasteiger partial charge in [0.25, 0.3) is 0 Å². The van der Waals surface area contributed by atoms with Crippen molar-refractivity contribution in [3.63, 3.8) is 0 Å². The number of aromatic nitrogens is 1. The zero-order chi connectivity index (χ0) is 11.5. The summed E-state index contributed by atoms with van der Waals surface area (Å²) in [7, 11) is 0. The minimum absolute atomic E-state index is 0.635. The molecule has 2 fully saturated rings. The van der Waals surface area contributed by atoms with Crippen LogP contribution in [0.2, 0.25) is 0 Å². The van der Waals surface area contributed by atoms with Gasteiger partial charge in [-0.05, 0) is 12.8 Å². The fourth-order valence-electron chi connectivity index (χ4n) is 3.00. The summed E-state index contributed by atoms with van der Waals surface area (Å²) in [6, 6.07) is 0. The van der Waals surface area contributed by atoms with Gasteiger partial charge in [-0.3, -0.25) is 4.90 Å². The van der Waals surface area contributed by atoms with Crippen LogP contribution in [0.1, 0.15) is 43.1 Å². The van der Waals surface area contributed by atoms with Gasteiger partial charge < -0.3 is 9.73 Å². The summed E-state index contributed by atoms with van der Waals surface area (Å²) in [6.07, 6.45) is 6.88. The molecule has 0 atom stereocenters. The molecule has 2 aliphatic rings. The molecule has 1 aromatic heterocycles. The highest BCUT2D eigenvalue weighted by Gasteiger charge is 2.24. The molecular formula is C13H21N3O. The average Bonchev–Trinajstić information content (AvgIpc) is 3.00. The highest BCUT2D eigenvalue weighted by atomic mass is 16.3. The molecule has 4 nitrogen and oxygen atoms in total. The lowest BCUT2D eigenvalue weighted by Crippen LogP contribution is -2.43. The van der Waals surface area contributed by atoms with Gasteiger partial charge in [0.1, 0.15) is 5.76 Å². The van der Waals surface area contributed by atoms with Crippen molar-refractivity contribution in [1.29, 1.82) is 0 Å². The fraction of sp³-hybridized carbons (Fsp3) is 0.769. The van der Waals surface area contributed by atoms with E-state index >= 15 is 0 Å². The number of piperazine rings is 1. The van der Waals surface area contributed by atoms with Crippen LogP contribution < -0.4 is 5.32 Å². The molecule has 0 spiro atoms. The zero-order valence-corrected chi connectivity index (χ0v) is 10.3. The molecule has 0 bridgehead atoms. The maximum absolute atomic E-state index is 5.64. The first-order valence-corrected chi connectivity index (χ1v) is 6.79. The van der Waals surface area contributed by atoms with Crippen LogP contribution in [0, 0.1) is 0 Å². The van der Waals surface area contributed by atoms with Crippen LogP contribution in [0.5, 0.6) is 0 Å². The molecule has 17 heavy (non-hydrogen) atoms. The largest absolute Gasteiger partial charge is 0.448 e. The minimum Gasteiger partial charge on any atom is -0.448 e. The maximum Gasteiger partial charge on any atom is 0.181 e. The molecule has 0 aromatic carbocycles. The summed E-state index contributed by atoms with van der Waals surface area (Å²) in [5.41, 5.74) is 1.18. The maximum atomic E-state index is 5.64. The molecule has 0 radical (unpaired) electrons. The van der Waals surface area contributed by atoms with E-state index in [0.29, 0.717) is 5.92 Å². The predicted molar refractivity (Wildman–Crippen MR) is 65.9 cm³/mol. The van der Waals surface area contributed by atoms with Crippen LogP contribution in [0.3, 0.4) is 0 Å². The molecule has 0 unspecified atom stereocenters. The van der Waals surface area contributed by atoms with E-state index in [0.717, 1.165) is 32.7 Å². The summed E-state index contributed by atoms with van der Waals surface area (Å²) < 4.78 is 5.64. The van der Waals surface area contributed by atoms with Gasteiger partial charge in [0, 0.05) is 38.6 Å². The second kappa shape index (κ2) is 5.19. The summed E-state index contributed by atoms with van der Waals surface area (Å²) in [4.78, 5) is 6.89. The molecule has 1 saturated carbocycles. The smallest absolute Gasteiger partial charge is 0.181 e. The fourth-order valence-corrected chi connectivity index (χ4v) is 3.00. The summed E-state index contributed by atoms with van der Waals surface area (Å²) in [6.45, 7) is 5.39. The lowest BCUT2D eigenvalue weighted by atomic mass is 10.0. The molecular weight excluding hydrogens is 214 g/mol. The first-order chi connectivity index (χ1) is 8.43. The third-order valence-electron chi connectivity index (χ3n) is 3.98. The number of oxazole rings is 1. The van der Waals surface area contributed by atoms with Crippen molar-refractivity contribution >= 4 is 0 Å². The Morgan fingerprint density at radius 2 is 2.06 bits per heavy atom. The van der Waals surface area contributed by atoms with E-state index < -0.39 is 0 Å². The second-order valence-corrected chi connectivity index (χ2v) is 5.17. The highest BCUT2D eigenvalue weighted by Crippen LogP contribution is 2.35. The van der Waals surface area contributed by atoms with E-state index in [1.165, 1.54) is 37.1 Å². The number of hydrogen-bond acceptors (Lipinski definition) is 4. The van der Waals surface area contributed by atoms with E-state index in [4.69, 9.17) is 4.42 Å². The first kappa shape index (κ1) is 11.2. The Kier molecular flexibility index (Phi) is 3.43. The minimum atomic E-state index is 0.635. The molecule has 1 saturated heterocycles. The van der Waals surface area contributed by atoms with E-state index in [1.54, 1.807) is 6.39 Å².